The van der Waals surface area contributed by atoms with Crippen LogP contribution in [-0.4, -0.2) is 24.1 Å². The van der Waals surface area contributed by atoms with E-state index in [0.29, 0.717) is 5.69 Å². The Balaban J connectivity index is 2.81. The molecule has 0 spiro atoms. The molecule has 0 aliphatic heterocycles. The quantitative estimate of drug-likeness (QED) is 0.685. The number of fused-ring (bicyclic) bond motifs is 1. The molecule has 2 rings (SSSR count). The number of rotatable bonds is 1. The van der Waals surface area contributed by atoms with Gasteiger partial charge < -0.3 is 10.6 Å². The van der Waals surface area contributed by atoms with E-state index in [-0.39, 0.29) is 0 Å². The van der Waals surface area contributed by atoms with Crippen LogP contribution in [0.1, 0.15) is 0 Å². The lowest BCUT2D eigenvalue weighted by Crippen LogP contribution is -2.11. The summed E-state index contributed by atoms with van der Waals surface area (Å²) in [5, 5.41) is 0.984. The highest BCUT2D eigenvalue weighted by Gasteiger charge is 2.06. The van der Waals surface area contributed by atoms with Gasteiger partial charge in [-0.15, -0.1) is 0 Å². The average molecular weight is 188 g/mol. The van der Waals surface area contributed by atoms with Crippen molar-refractivity contribution in [3.8, 4) is 0 Å². The smallest absolute Gasteiger partial charge is 0.139 e. The number of hydrogen-bond donors (Lipinski definition) is 1. The molecule has 4 nitrogen and oxygen atoms in total. The second kappa shape index (κ2) is 3.14. The molecule has 4 heteroatoms. The number of nitrogens with zero attached hydrogens (tertiary/aromatic N) is 3. The van der Waals surface area contributed by atoms with Gasteiger partial charge in [0.15, 0.2) is 0 Å². The van der Waals surface area contributed by atoms with Gasteiger partial charge >= 0.3 is 0 Å². The summed E-state index contributed by atoms with van der Waals surface area (Å²) in [5.74, 6) is 0.891. The predicted molar refractivity (Wildman–Crippen MR) is 58.3 cm³/mol. The Morgan fingerprint density at radius 2 is 2.00 bits per heavy atom. The SMILES string of the molecule is CN(C)c1ncnc2c(N)cccc12. The molecule has 0 saturated carbocycles. The van der Waals surface area contributed by atoms with Crippen LogP contribution in [0.25, 0.3) is 10.9 Å². The molecule has 0 unspecified atom stereocenters. The topological polar surface area (TPSA) is 55.0 Å². The fourth-order valence-electron chi connectivity index (χ4n) is 1.45. The van der Waals surface area contributed by atoms with Gasteiger partial charge in [0.2, 0.25) is 0 Å². The van der Waals surface area contributed by atoms with Crippen molar-refractivity contribution in [2.24, 2.45) is 0 Å². The fourth-order valence-corrected chi connectivity index (χ4v) is 1.45. The fraction of sp³-hybridized carbons (Fsp3) is 0.200. The molecule has 1 aromatic carbocycles. The first kappa shape index (κ1) is 8.74. The Hall–Kier alpha value is -1.84. The van der Waals surface area contributed by atoms with Gasteiger partial charge in [-0.25, -0.2) is 9.97 Å². The monoisotopic (exact) mass is 188 g/mol. The zero-order valence-corrected chi connectivity index (χ0v) is 8.23. The molecule has 14 heavy (non-hydrogen) atoms. The molecule has 0 saturated heterocycles. The summed E-state index contributed by atoms with van der Waals surface area (Å²) < 4.78 is 0. The van der Waals surface area contributed by atoms with E-state index in [1.807, 2.05) is 37.2 Å². The molecule has 0 aliphatic rings. The normalized spacial score (nSPS) is 10.4. The van der Waals surface area contributed by atoms with Crippen molar-refractivity contribution in [2.45, 2.75) is 0 Å². The Bertz CT molecular complexity index is 465. The Kier molecular flexibility index (Phi) is 1.96. The lowest BCUT2D eigenvalue weighted by Gasteiger charge is -2.13. The van der Waals surface area contributed by atoms with Gasteiger partial charge in [0.1, 0.15) is 12.1 Å². The van der Waals surface area contributed by atoms with Gasteiger partial charge in [-0.05, 0) is 12.1 Å². The predicted octanol–water partition coefficient (Wildman–Crippen LogP) is 1.28. The molecule has 0 aliphatic carbocycles. The van der Waals surface area contributed by atoms with Crippen LogP contribution in [0, 0.1) is 0 Å². The van der Waals surface area contributed by atoms with Crippen LogP contribution in [0.5, 0.6) is 0 Å². The Labute approximate surface area is 82.4 Å². The van der Waals surface area contributed by atoms with E-state index in [2.05, 4.69) is 9.97 Å². The molecule has 2 aromatic rings. The number of benzene rings is 1. The van der Waals surface area contributed by atoms with Crippen LogP contribution in [0.3, 0.4) is 0 Å². The Morgan fingerprint density at radius 3 is 2.71 bits per heavy atom. The molecule has 0 fully saturated rings. The van der Waals surface area contributed by atoms with Gasteiger partial charge in [-0.2, -0.15) is 0 Å². The van der Waals surface area contributed by atoms with Gasteiger partial charge in [-0.3, -0.25) is 0 Å². The zero-order chi connectivity index (χ0) is 10.1. The molecule has 1 aromatic heterocycles. The zero-order valence-electron chi connectivity index (χ0n) is 8.23. The van der Waals surface area contributed by atoms with Crippen molar-refractivity contribution in [1.82, 2.24) is 9.97 Å². The first-order valence-electron chi connectivity index (χ1n) is 4.36. The molecule has 72 valence electrons. The minimum Gasteiger partial charge on any atom is -0.397 e. The third-order valence-electron chi connectivity index (χ3n) is 2.10. The van der Waals surface area contributed by atoms with Crippen molar-refractivity contribution in [3.63, 3.8) is 0 Å². The van der Waals surface area contributed by atoms with Crippen molar-refractivity contribution in [2.75, 3.05) is 24.7 Å². The van der Waals surface area contributed by atoms with E-state index < -0.39 is 0 Å². The van der Waals surface area contributed by atoms with Gasteiger partial charge in [0.25, 0.3) is 0 Å². The third-order valence-corrected chi connectivity index (χ3v) is 2.10. The van der Waals surface area contributed by atoms with Gasteiger partial charge in [-0.1, -0.05) is 6.07 Å². The molecule has 2 N–H and O–H groups in total. The van der Waals surface area contributed by atoms with Crippen molar-refractivity contribution >= 4 is 22.4 Å². The van der Waals surface area contributed by atoms with Gasteiger partial charge in [0, 0.05) is 19.5 Å². The highest BCUT2D eigenvalue weighted by Crippen LogP contribution is 2.24. The van der Waals surface area contributed by atoms with Crippen LogP contribution in [0.15, 0.2) is 24.5 Å². The van der Waals surface area contributed by atoms with E-state index in [1.165, 1.54) is 6.33 Å². The number of aromatic nitrogens is 2. The number of para-hydroxylation sites is 1. The maximum Gasteiger partial charge on any atom is 0.139 e. The van der Waals surface area contributed by atoms with Crippen molar-refractivity contribution in [1.29, 1.82) is 0 Å². The second-order valence-corrected chi connectivity index (χ2v) is 3.34. The van der Waals surface area contributed by atoms with Crippen LogP contribution in [0.4, 0.5) is 11.5 Å². The van der Waals surface area contributed by atoms with Crippen LogP contribution < -0.4 is 10.6 Å². The first-order valence-corrected chi connectivity index (χ1v) is 4.36. The molecule has 0 radical (unpaired) electrons. The van der Waals surface area contributed by atoms with Crippen molar-refractivity contribution in [3.05, 3.63) is 24.5 Å². The summed E-state index contributed by atoms with van der Waals surface area (Å²) in [7, 11) is 3.90. The summed E-state index contributed by atoms with van der Waals surface area (Å²) in [6.07, 6.45) is 1.54. The van der Waals surface area contributed by atoms with Crippen LogP contribution in [0.2, 0.25) is 0 Å². The highest BCUT2D eigenvalue weighted by atomic mass is 15.1. The minimum absolute atomic E-state index is 0.688. The summed E-state index contributed by atoms with van der Waals surface area (Å²) in [6.45, 7) is 0. The largest absolute Gasteiger partial charge is 0.397 e. The standard InChI is InChI=1S/C10H12N4/c1-14(2)10-7-4-3-5-8(11)9(7)12-6-13-10/h3-6H,11H2,1-2H3. The lowest BCUT2D eigenvalue weighted by atomic mass is 10.2. The maximum atomic E-state index is 5.82. The molecular formula is C10H12N4. The molecule has 0 atom stereocenters. The average Bonchev–Trinajstić information content (AvgIpc) is 2.17. The number of anilines is 2. The van der Waals surface area contributed by atoms with E-state index in [4.69, 9.17) is 5.73 Å². The number of nitrogens with two attached hydrogens (primary N) is 1. The number of hydrogen-bond acceptors (Lipinski definition) is 4. The summed E-state index contributed by atoms with van der Waals surface area (Å²) in [6, 6.07) is 5.73. The summed E-state index contributed by atoms with van der Waals surface area (Å²) in [4.78, 5) is 10.3. The molecule has 0 bridgehead atoms. The van der Waals surface area contributed by atoms with Crippen molar-refractivity contribution < 1.29 is 0 Å². The molecule has 1 heterocycles. The third kappa shape index (κ3) is 1.25. The summed E-state index contributed by atoms with van der Waals surface area (Å²) >= 11 is 0. The van der Waals surface area contributed by atoms with E-state index in [1.54, 1.807) is 0 Å². The van der Waals surface area contributed by atoms with Gasteiger partial charge in [0.05, 0.1) is 11.2 Å². The number of nitrogen functional groups attached to an aromatic ring is 1. The van der Waals surface area contributed by atoms with Crippen LogP contribution >= 0.6 is 0 Å². The van der Waals surface area contributed by atoms with Crippen LogP contribution in [-0.2, 0) is 0 Å². The van der Waals surface area contributed by atoms with E-state index in [9.17, 15) is 0 Å². The maximum absolute atomic E-state index is 5.82. The second-order valence-electron chi connectivity index (χ2n) is 3.34. The molecule has 0 amide bonds. The lowest BCUT2D eigenvalue weighted by molar-refractivity contribution is 1.06. The summed E-state index contributed by atoms with van der Waals surface area (Å²) in [5.41, 5.74) is 7.32. The first-order chi connectivity index (χ1) is 6.70. The molecular weight excluding hydrogens is 176 g/mol. The Morgan fingerprint density at radius 1 is 1.21 bits per heavy atom. The van der Waals surface area contributed by atoms with E-state index in [0.717, 1.165) is 16.7 Å². The highest BCUT2D eigenvalue weighted by molar-refractivity contribution is 5.96. The van der Waals surface area contributed by atoms with E-state index >= 15 is 0 Å². The minimum atomic E-state index is 0.688.